The van der Waals surface area contributed by atoms with Gasteiger partial charge in [-0.2, -0.15) is 15.0 Å². The van der Waals surface area contributed by atoms with E-state index in [0.29, 0.717) is 22.8 Å². The molecule has 1 atom stereocenters. The Morgan fingerprint density at radius 1 is 1.33 bits per heavy atom. The molecule has 7 nitrogen and oxygen atoms in total. The number of nitrogens with one attached hydrogen (secondary N) is 1. The molecule has 0 aromatic carbocycles. The van der Waals surface area contributed by atoms with E-state index in [0.717, 1.165) is 6.54 Å². The summed E-state index contributed by atoms with van der Waals surface area (Å²) in [6.07, 6.45) is -0.767. The first-order valence-corrected chi connectivity index (χ1v) is 6.64. The Labute approximate surface area is 111 Å². The summed E-state index contributed by atoms with van der Waals surface area (Å²) < 4.78 is 0. The van der Waals surface area contributed by atoms with Crippen LogP contribution in [0.1, 0.15) is 6.92 Å². The van der Waals surface area contributed by atoms with Crippen LogP contribution >= 0.6 is 11.8 Å². The molecular weight excluding hydrogens is 254 g/mol. The number of hydrogen-bond donors (Lipinski definition) is 3. The van der Waals surface area contributed by atoms with E-state index in [9.17, 15) is 5.11 Å². The number of hydrogen-bond acceptors (Lipinski definition) is 8. The Bertz CT molecular complexity index is 377. The maximum atomic E-state index is 9.30. The average molecular weight is 273 g/mol. The topological polar surface area (TPSA) is 94.4 Å². The quantitative estimate of drug-likeness (QED) is 0.589. The van der Waals surface area contributed by atoms with Crippen molar-refractivity contribution in [3.8, 4) is 0 Å². The number of nitrogens with zero attached hydrogens (tertiary/aromatic N) is 4. The fourth-order valence-corrected chi connectivity index (χ4v) is 1.82. The van der Waals surface area contributed by atoms with Crippen LogP contribution in [0.2, 0.25) is 0 Å². The van der Waals surface area contributed by atoms with Gasteiger partial charge in [0.05, 0.1) is 12.7 Å². The highest BCUT2D eigenvalue weighted by Gasteiger charge is 2.10. The standard InChI is InChI=1S/C10H19N5O2S/c1-4-11-8-12-9(15(2)3)14-10(13-8)18-6-7(17)5-16/h7,16-17H,4-6H2,1-3H3,(H,11,12,13,14). The number of aromatic nitrogens is 3. The number of anilines is 2. The van der Waals surface area contributed by atoms with Gasteiger partial charge in [0.25, 0.3) is 0 Å². The summed E-state index contributed by atoms with van der Waals surface area (Å²) in [7, 11) is 3.70. The molecule has 18 heavy (non-hydrogen) atoms. The van der Waals surface area contributed by atoms with E-state index < -0.39 is 6.10 Å². The fourth-order valence-electron chi connectivity index (χ4n) is 1.07. The van der Waals surface area contributed by atoms with E-state index in [1.807, 2.05) is 21.0 Å². The molecule has 0 fully saturated rings. The second-order valence-corrected chi connectivity index (χ2v) is 4.80. The minimum Gasteiger partial charge on any atom is -0.394 e. The highest BCUT2D eigenvalue weighted by molar-refractivity contribution is 7.99. The predicted molar refractivity (Wildman–Crippen MR) is 72.1 cm³/mol. The zero-order valence-corrected chi connectivity index (χ0v) is 11.6. The molecule has 1 aromatic rings. The molecule has 1 aromatic heterocycles. The van der Waals surface area contributed by atoms with Gasteiger partial charge in [0, 0.05) is 26.4 Å². The molecule has 0 aliphatic rings. The number of aliphatic hydroxyl groups is 2. The van der Waals surface area contributed by atoms with Crippen molar-refractivity contribution in [2.45, 2.75) is 18.2 Å². The van der Waals surface area contributed by atoms with Gasteiger partial charge in [-0.15, -0.1) is 0 Å². The van der Waals surface area contributed by atoms with E-state index in [1.165, 1.54) is 11.8 Å². The van der Waals surface area contributed by atoms with Gasteiger partial charge in [-0.3, -0.25) is 0 Å². The molecule has 0 saturated carbocycles. The average Bonchev–Trinajstić information content (AvgIpc) is 2.36. The van der Waals surface area contributed by atoms with Gasteiger partial charge in [-0.1, -0.05) is 11.8 Å². The van der Waals surface area contributed by atoms with Gasteiger partial charge in [0.1, 0.15) is 0 Å². The lowest BCUT2D eigenvalue weighted by molar-refractivity contribution is 0.113. The molecule has 1 heterocycles. The van der Waals surface area contributed by atoms with Crippen molar-refractivity contribution in [1.82, 2.24) is 15.0 Å². The van der Waals surface area contributed by atoms with Crippen LogP contribution in [-0.2, 0) is 0 Å². The molecule has 0 saturated heterocycles. The first-order chi connectivity index (χ1) is 8.56. The van der Waals surface area contributed by atoms with Crippen LogP contribution in [0.25, 0.3) is 0 Å². The maximum absolute atomic E-state index is 9.30. The van der Waals surface area contributed by atoms with Crippen molar-refractivity contribution in [1.29, 1.82) is 0 Å². The fraction of sp³-hybridized carbons (Fsp3) is 0.700. The third-order valence-electron chi connectivity index (χ3n) is 1.95. The Morgan fingerprint density at radius 3 is 2.61 bits per heavy atom. The lowest BCUT2D eigenvalue weighted by Gasteiger charge is -2.13. The van der Waals surface area contributed by atoms with Crippen molar-refractivity contribution in [2.24, 2.45) is 0 Å². The molecule has 0 amide bonds. The molecule has 0 aliphatic heterocycles. The molecule has 1 unspecified atom stereocenters. The van der Waals surface area contributed by atoms with Crippen molar-refractivity contribution in [2.75, 3.05) is 43.2 Å². The second-order valence-electron chi connectivity index (χ2n) is 3.81. The van der Waals surface area contributed by atoms with Crippen LogP contribution in [0.5, 0.6) is 0 Å². The molecule has 3 N–H and O–H groups in total. The normalized spacial score (nSPS) is 12.3. The number of aliphatic hydroxyl groups excluding tert-OH is 2. The summed E-state index contributed by atoms with van der Waals surface area (Å²) in [5.41, 5.74) is 0. The highest BCUT2D eigenvalue weighted by atomic mass is 32.2. The van der Waals surface area contributed by atoms with Gasteiger partial charge in [-0.25, -0.2) is 0 Å². The summed E-state index contributed by atoms with van der Waals surface area (Å²) >= 11 is 1.29. The van der Waals surface area contributed by atoms with Crippen molar-refractivity contribution >= 4 is 23.7 Å². The Kier molecular flexibility index (Phi) is 6.10. The van der Waals surface area contributed by atoms with E-state index in [4.69, 9.17) is 5.11 Å². The zero-order valence-electron chi connectivity index (χ0n) is 10.8. The van der Waals surface area contributed by atoms with Crippen molar-refractivity contribution in [3.63, 3.8) is 0 Å². The number of thioether (sulfide) groups is 1. The first-order valence-electron chi connectivity index (χ1n) is 5.65. The summed E-state index contributed by atoms with van der Waals surface area (Å²) in [5.74, 6) is 1.41. The van der Waals surface area contributed by atoms with Crippen LogP contribution in [0.15, 0.2) is 5.16 Å². The van der Waals surface area contributed by atoms with E-state index in [-0.39, 0.29) is 6.61 Å². The monoisotopic (exact) mass is 273 g/mol. The van der Waals surface area contributed by atoms with Gasteiger partial charge < -0.3 is 20.4 Å². The molecule has 0 bridgehead atoms. The van der Waals surface area contributed by atoms with Crippen molar-refractivity contribution < 1.29 is 10.2 Å². The minimum absolute atomic E-state index is 0.265. The van der Waals surface area contributed by atoms with Crippen LogP contribution in [-0.4, -0.2) is 64.3 Å². The Balaban J connectivity index is 2.82. The van der Waals surface area contributed by atoms with Crippen LogP contribution in [0.3, 0.4) is 0 Å². The summed E-state index contributed by atoms with van der Waals surface area (Å²) in [6, 6.07) is 0. The summed E-state index contributed by atoms with van der Waals surface area (Å²) in [4.78, 5) is 14.5. The molecule has 8 heteroatoms. The first kappa shape index (κ1) is 14.9. The lowest BCUT2D eigenvalue weighted by Crippen LogP contribution is -2.17. The lowest BCUT2D eigenvalue weighted by atomic mass is 10.4. The molecule has 0 aliphatic carbocycles. The van der Waals surface area contributed by atoms with E-state index >= 15 is 0 Å². The predicted octanol–water partition coefficient (Wildman–Crippen LogP) is -0.185. The Morgan fingerprint density at radius 2 is 2.06 bits per heavy atom. The van der Waals surface area contributed by atoms with Gasteiger partial charge in [0.15, 0.2) is 5.16 Å². The van der Waals surface area contributed by atoms with E-state index in [1.54, 1.807) is 4.90 Å². The summed E-state index contributed by atoms with van der Waals surface area (Å²) in [6.45, 7) is 2.42. The maximum Gasteiger partial charge on any atom is 0.230 e. The van der Waals surface area contributed by atoms with E-state index in [2.05, 4.69) is 20.3 Å². The minimum atomic E-state index is -0.767. The number of rotatable bonds is 7. The smallest absolute Gasteiger partial charge is 0.230 e. The van der Waals surface area contributed by atoms with Gasteiger partial charge >= 0.3 is 0 Å². The molecular formula is C10H19N5O2S. The molecule has 0 spiro atoms. The third-order valence-corrected chi connectivity index (χ3v) is 2.95. The van der Waals surface area contributed by atoms with Crippen LogP contribution in [0, 0.1) is 0 Å². The van der Waals surface area contributed by atoms with Gasteiger partial charge in [-0.05, 0) is 6.92 Å². The molecule has 0 radical (unpaired) electrons. The van der Waals surface area contributed by atoms with Gasteiger partial charge in [0.2, 0.25) is 11.9 Å². The molecule has 102 valence electrons. The molecule has 1 rings (SSSR count). The largest absolute Gasteiger partial charge is 0.394 e. The zero-order chi connectivity index (χ0) is 13.5. The Hall–Kier alpha value is -1.12. The van der Waals surface area contributed by atoms with Crippen molar-refractivity contribution in [3.05, 3.63) is 0 Å². The second kappa shape index (κ2) is 7.34. The van der Waals surface area contributed by atoms with Crippen LogP contribution < -0.4 is 10.2 Å². The highest BCUT2D eigenvalue weighted by Crippen LogP contribution is 2.18. The van der Waals surface area contributed by atoms with Crippen LogP contribution in [0.4, 0.5) is 11.9 Å². The SMILES string of the molecule is CCNc1nc(SCC(O)CO)nc(N(C)C)n1. The third kappa shape index (κ3) is 4.63. The summed E-state index contributed by atoms with van der Waals surface area (Å²) in [5, 5.41) is 21.6.